The van der Waals surface area contributed by atoms with E-state index in [1.807, 2.05) is 29.2 Å². The SMILES string of the molecule is CN1CCN(C(=O)COc2ccc(C34CC5CC(CC(C(=O)NCc6ccco6)(C5)C3)C4)cc2)CC1. The van der Waals surface area contributed by atoms with Crippen molar-refractivity contribution in [2.75, 3.05) is 39.8 Å². The maximum atomic E-state index is 13.5. The van der Waals surface area contributed by atoms with Gasteiger partial charge in [-0.25, -0.2) is 0 Å². The second-order valence-corrected chi connectivity index (χ2v) is 11.8. The van der Waals surface area contributed by atoms with E-state index >= 15 is 0 Å². The lowest BCUT2D eigenvalue weighted by Crippen LogP contribution is -2.59. The van der Waals surface area contributed by atoms with Gasteiger partial charge in [0, 0.05) is 26.2 Å². The van der Waals surface area contributed by atoms with Gasteiger partial charge in [-0.05, 0) is 92.7 Å². The summed E-state index contributed by atoms with van der Waals surface area (Å²) >= 11 is 0. The molecule has 1 aliphatic heterocycles. The molecule has 0 spiro atoms. The fourth-order valence-corrected chi connectivity index (χ4v) is 7.83. The van der Waals surface area contributed by atoms with E-state index in [1.165, 1.54) is 24.8 Å². The maximum absolute atomic E-state index is 13.5. The van der Waals surface area contributed by atoms with Crippen LogP contribution in [0, 0.1) is 17.3 Å². The number of likely N-dealkylation sites (N-methyl/N-ethyl adjacent to an activating group) is 1. The molecule has 0 radical (unpaired) electrons. The van der Waals surface area contributed by atoms with Crippen molar-refractivity contribution in [3.63, 3.8) is 0 Å². The second-order valence-electron chi connectivity index (χ2n) is 11.8. The Morgan fingerprint density at radius 1 is 1.03 bits per heavy atom. The molecule has 36 heavy (non-hydrogen) atoms. The number of nitrogens with one attached hydrogen (secondary N) is 1. The molecular weight excluding hydrogens is 454 g/mol. The fraction of sp³-hybridized carbons (Fsp3) is 0.586. The third-order valence-corrected chi connectivity index (χ3v) is 9.23. The zero-order valence-corrected chi connectivity index (χ0v) is 21.2. The molecule has 7 heteroatoms. The Morgan fingerprint density at radius 3 is 2.42 bits per heavy atom. The van der Waals surface area contributed by atoms with Crippen molar-refractivity contribution in [1.29, 1.82) is 0 Å². The van der Waals surface area contributed by atoms with Gasteiger partial charge in [-0.1, -0.05) is 12.1 Å². The summed E-state index contributed by atoms with van der Waals surface area (Å²) in [5.74, 6) is 2.99. The van der Waals surface area contributed by atoms with Crippen LogP contribution < -0.4 is 10.1 Å². The number of rotatable bonds is 7. The van der Waals surface area contributed by atoms with Crippen molar-refractivity contribution in [2.24, 2.45) is 17.3 Å². The predicted octanol–water partition coefficient (Wildman–Crippen LogP) is 3.59. The molecule has 7 rings (SSSR count). The molecule has 2 unspecified atom stereocenters. The van der Waals surface area contributed by atoms with Crippen LogP contribution in [-0.4, -0.2) is 61.4 Å². The highest BCUT2D eigenvalue weighted by Crippen LogP contribution is 2.65. The zero-order chi connectivity index (χ0) is 24.8. The fourth-order valence-electron chi connectivity index (χ4n) is 7.83. The summed E-state index contributed by atoms with van der Waals surface area (Å²) in [6.07, 6.45) is 8.16. The third kappa shape index (κ3) is 4.42. The summed E-state index contributed by atoms with van der Waals surface area (Å²) in [4.78, 5) is 30.2. The molecule has 2 atom stereocenters. The summed E-state index contributed by atoms with van der Waals surface area (Å²) in [6, 6.07) is 12.1. The minimum atomic E-state index is -0.277. The Hall–Kier alpha value is -2.80. The van der Waals surface area contributed by atoms with Gasteiger partial charge in [0.05, 0.1) is 18.2 Å². The molecule has 1 saturated heterocycles. The molecule has 2 aromatic rings. The lowest BCUT2D eigenvalue weighted by Gasteiger charge is -2.61. The van der Waals surface area contributed by atoms with Crippen molar-refractivity contribution < 1.29 is 18.7 Å². The Bertz CT molecular complexity index is 1070. The van der Waals surface area contributed by atoms with E-state index in [4.69, 9.17) is 9.15 Å². The van der Waals surface area contributed by atoms with Crippen LogP contribution in [-0.2, 0) is 21.5 Å². The standard InChI is InChI=1S/C29H37N3O4/c1-31-8-10-32(11-9-31)26(33)19-36-24-6-4-23(5-7-24)28-14-21-13-22(15-28)17-29(16-21,20-28)27(34)30-18-25-3-2-12-35-25/h2-7,12,21-22H,8-11,13-20H2,1H3,(H,30,34). The highest BCUT2D eigenvalue weighted by molar-refractivity contribution is 5.83. The highest BCUT2D eigenvalue weighted by atomic mass is 16.5. The molecule has 4 aliphatic carbocycles. The minimum absolute atomic E-state index is 0.0516. The Morgan fingerprint density at radius 2 is 1.75 bits per heavy atom. The first-order chi connectivity index (χ1) is 17.4. The summed E-state index contributed by atoms with van der Waals surface area (Å²) < 4.78 is 11.3. The minimum Gasteiger partial charge on any atom is -0.484 e. The Kier molecular flexibility index (Phi) is 6.06. The van der Waals surface area contributed by atoms with Crippen molar-refractivity contribution in [1.82, 2.24) is 15.1 Å². The Labute approximate surface area is 213 Å². The number of furan rings is 1. The zero-order valence-electron chi connectivity index (χ0n) is 21.2. The molecule has 1 aromatic heterocycles. The van der Waals surface area contributed by atoms with Crippen LogP contribution in [0.15, 0.2) is 47.1 Å². The van der Waals surface area contributed by atoms with Gasteiger partial charge in [0.1, 0.15) is 11.5 Å². The van der Waals surface area contributed by atoms with Crippen LogP contribution in [0.3, 0.4) is 0 Å². The smallest absolute Gasteiger partial charge is 0.260 e. The van der Waals surface area contributed by atoms with Gasteiger partial charge in [-0.15, -0.1) is 0 Å². The highest BCUT2D eigenvalue weighted by Gasteiger charge is 2.60. The molecule has 5 fully saturated rings. The molecule has 1 N–H and O–H groups in total. The van der Waals surface area contributed by atoms with Crippen molar-refractivity contribution >= 4 is 11.8 Å². The van der Waals surface area contributed by atoms with Crippen LogP contribution in [0.1, 0.15) is 49.8 Å². The van der Waals surface area contributed by atoms with Gasteiger partial charge in [-0.3, -0.25) is 9.59 Å². The molecule has 2 amide bonds. The van der Waals surface area contributed by atoms with Crippen LogP contribution >= 0.6 is 0 Å². The average molecular weight is 492 g/mol. The number of nitrogens with zero attached hydrogens (tertiary/aromatic N) is 2. The second kappa shape index (κ2) is 9.25. The van der Waals surface area contributed by atoms with Crippen LogP contribution in [0.2, 0.25) is 0 Å². The number of ether oxygens (including phenoxy) is 1. The number of benzene rings is 1. The number of piperazine rings is 1. The third-order valence-electron chi connectivity index (χ3n) is 9.23. The summed E-state index contributed by atoms with van der Waals surface area (Å²) in [5, 5.41) is 3.19. The molecular formula is C29H37N3O4. The van der Waals surface area contributed by atoms with Crippen molar-refractivity contribution in [2.45, 2.75) is 50.5 Å². The van der Waals surface area contributed by atoms with E-state index in [9.17, 15) is 9.59 Å². The van der Waals surface area contributed by atoms with Crippen LogP contribution in [0.5, 0.6) is 5.75 Å². The van der Waals surface area contributed by atoms with E-state index in [1.54, 1.807) is 6.26 Å². The summed E-state index contributed by atoms with van der Waals surface area (Å²) in [5.41, 5.74) is 1.10. The molecule has 5 aliphatic rings. The van der Waals surface area contributed by atoms with Gasteiger partial charge < -0.3 is 24.3 Å². The van der Waals surface area contributed by atoms with Gasteiger partial charge in [0.25, 0.3) is 5.91 Å². The molecule has 192 valence electrons. The first kappa shape index (κ1) is 23.6. The van der Waals surface area contributed by atoms with Crippen molar-refractivity contribution in [3.8, 4) is 5.75 Å². The maximum Gasteiger partial charge on any atom is 0.260 e. The van der Waals surface area contributed by atoms with Gasteiger partial charge >= 0.3 is 0 Å². The van der Waals surface area contributed by atoms with E-state index < -0.39 is 0 Å². The number of hydrogen-bond donors (Lipinski definition) is 1. The van der Waals surface area contributed by atoms with Crippen LogP contribution in [0.4, 0.5) is 0 Å². The van der Waals surface area contributed by atoms with Gasteiger partial charge in [-0.2, -0.15) is 0 Å². The summed E-state index contributed by atoms with van der Waals surface area (Å²) in [7, 11) is 2.08. The van der Waals surface area contributed by atoms with Crippen molar-refractivity contribution in [3.05, 3.63) is 54.0 Å². The number of amides is 2. The van der Waals surface area contributed by atoms with E-state index in [0.717, 1.165) is 57.0 Å². The molecule has 4 saturated carbocycles. The largest absolute Gasteiger partial charge is 0.484 e. The summed E-state index contributed by atoms with van der Waals surface area (Å²) in [6.45, 7) is 3.88. The molecule has 4 bridgehead atoms. The number of carbonyl (C=O) groups excluding carboxylic acids is 2. The van der Waals surface area contributed by atoms with Crippen LogP contribution in [0.25, 0.3) is 0 Å². The molecule has 7 nitrogen and oxygen atoms in total. The molecule has 2 heterocycles. The Balaban J connectivity index is 1.12. The van der Waals surface area contributed by atoms with Gasteiger partial charge in [0.2, 0.25) is 5.91 Å². The first-order valence-corrected chi connectivity index (χ1v) is 13.4. The van der Waals surface area contributed by atoms with E-state index in [2.05, 4.69) is 29.4 Å². The van der Waals surface area contributed by atoms with E-state index in [-0.39, 0.29) is 29.3 Å². The number of hydrogen-bond acceptors (Lipinski definition) is 5. The number of carbonyl (C=O) groups is 2. The lowest BCUT2D eigenvalue weighted by atomic mass is 9.42. The quantitative estimate of drug-likeness (QED) is 0.641. The monoisotopic (exact) mass is 491 g/mol. The topological polar surface area (TPSA) is 75.0 Å². The lowest BCUT2D eigenvalue weighted by molar-refractivity contribution is -0.149. The predicted molar refractivity (Wildman–Crippen MR) is 135 cm³/mol. The first-order valence-electron chi connectivity index (χ1n) is 13.4. The van der Waals surface area contributed by atoms with Gasteiger partial charge in [0.15, 0.2) is 6.61 Å². The van der Waals surface area contributed by atoms with E-state index in [0.29, 0.717) is 18.4 Å². The molecule has 1 aromatic carbocycles. The normalized spacial score (nSPS) is 31.4. The average Bonchev–Trinajstić information content (AvgIpc) is 3.39.